The number of pyridine rings is 1. The van der Waals surface area contributed by atoms with E-state index < -0.39 is 92.3 Å². The summed E-state index contributed by atoms with van der Waals surface area (Å²) in [6.45, 7) is 1.97. The summed E-state index contributed by atoms with van der Waals surface area (Å²) in [5, 5.41) is 8.74. The first-order valence-corrected chi connectivity index (χ1v) is 14.7. The van der Waals surface area contributed by atoms with Crippen LogP contribution in [0.3, 0.4) is 0 Å². The Bertz CT molecular complexity index is 1530. The number of hydrogen-bond acceptors (Lipinski definition) is 6. The molecule has 0 unspecified atom stereocenters. The number of carbonyl (C=O) groups is 2. The zero-order valence-electron chi connectivity index (χ0n) is 24.5. The summed E-state index contributed by atoms with van der Waals surface area (Å²) in [6.07, 6.45) is -6.46. The molecule has 1 atom stereocenters. The van der Waals surface area contributed by atoms with Crippen molar-refractivity contribution in [3.63, 3.8) is 0 Å². The Morgan fingerprint density at radius 2 is 1.64 bits per heavy atom. The first kappa shape index (κ1) is 32.6. The first-order valence-electron chi connectivity index (χ1n) is 14.7. The van der Waals surface area contributed by atoms with E-state index in [1.165, 1.54) is 23.1 Å². The van der Waals surface area contributed by atoms with Crippen LogP contribution in [0.5, 0.6) is 0 Å². The number of amides is 2. The fraction of sp³-hybridized carbons (Fsp3) is 0.643. The van der Waals surface area contributed by atoms with Gasteiger partial charge in [-0.15, -0.1) is 0 Å². The Morgan fingerprint density at radius 1 is 1.00 bits per heavy atom. The summed E-state index contributed by atoms with van der Waals surface area (Å²) in [4.78, 5) is 42.5. The lowest BCUT2D eigenvalue weighted by molar-refractivity contribution is -0.145. The number of fused-ring (bicyclic) bond motifs is 1. The lowest BCUT2D eigenvalue weighted by Gasteiger charge is -2.38. The summed E-state index contributed by atoms with van der Waals surface area (Å²) < 4.78 is 96.5. The first-order chi connectivity index (χ1) is 21.0. The van der Waals surface area contributed by atoms with Crippen molar-refractivity contribution in [2.45, 2.75) is 101 Å². The molecular weight excluding hydrogens is 613 g/mol. The molecule has 0 aromatic carbocycles. The van der Waals surface area contributed by atoms with E-state index in [2.05, 4.69) is 30.4 Å². The van der Waals surface area contributed by atoms with Crippen LogP contribution in [-0.2, 0) is 10.2 Å². The van der Waals surface area contributed by atoms with Crippen LogP contribution in [0.4, 0.5) is 30.7 Å². The van der Waals surface area contributed by atoms with E-state index >= 15 is 0 Å². The molecule has 0 aliphatic heterocycles. The van der Waals surface area contributed by atoms with Crippen molar-refractivity contribution in [2.24, 2.45) is 5.92 Å². The Morgan fingerprint density at radius 3 is 2.27 bits per heavy atom. The third kappa shape index (κ3) is 7.06. The van der Waals surface area contributed by atoms with Gasteiger partial charge in [-0.25, -0.2) is 37.2 Å². The number of aromatic amines is 1. The summed E-state index contributed by atoms with van der Waals surface area (Å²) in [6, 6.07) is 1.76. The molecule has 2 fully saturated rings. The fourth-order valence-corrected chi connectivity index (χ4v) is 6.12. The van der Waals surface area contributed by atoms with Crippen molar-refractivity contribution in [3.8, 4) is 0 Å². The lowest BCUT2D eigenvalue weighted by atomic mass is 9.69. The number of hydrogen-bond donors (Lipinski definition) is 3. The standard InChI is InChI=1S/C28H33F7N8O2/c1-15(2)43-22(37-14-38-43)23(44)41-19(16-5-7-26(29,30)8-6-16)21-39-17-3-4-18(40-20(17)42-21)25(9-11-27(31,32)12-10-25)24(45)36-13-28(33,34)35/h3-4,14-16,19H,5-13H2,1-2H3,(H,36,45)(H,41,44)(H,39,40,42)/t19-/m0/s1. The number of alkyl halides is 7. The zero-order valence-corrected chi connectivity index (χ0v) is 24.5. The van der Waals surface area contributed by atoms with Gasteiger partial charge in [0.2, 0.25) is 23.6 Å². The molecule has 0 saturated heterocycles. The molecule has 0 bridgehead atoms. The molecule has 3 aromatic rings. The van der Waals surface area contributed by atoms with E-state index in [4.69, 9.17) is 0 Å². The number of H-pyrrole nitrogens is 1. The topological polar surface area (TPSA) is 130 Å². The molecule has 5 rings (SSSR count). The van der Waals surface area contributed by atoms with Crippen LogP contribution in [0.2, 0.25) is 0 Å². The predicted octanol–water partition coefficient (Wildman–Crippen LogP) is 5.55. The van der Waals surface area contributed by atoms with Gasteiger partial charge >= 0.3 is 6.18 Å². The summed E-state index contributed by atoms with van der Waals surface area (Å²) >= 11 is 0. The molecule has 17 heteroatoms. The maximum atomic E-state index is 14.1. The molecule has 246 valence electrons. The van der Waals surface area contributed by atoms with E-state index in [9.17, 15) is 40.3 Å². The van der Waals surface area contributed by atoms with Crippen molar-refractivity contribution < 1.29 is 40.3 Å². The van der Waals surface area contributed by atoms with Crippen molar-refractivity contribution in [3.05, 3.63) is 35.8 Å². The van der Waals surface area contributed by atoms with Gasteiger partial charge in [-0.3, -0.25) is 9.59 Å². The number of carbonyl (C=O) groups excluding carboxylic acids is 2. The van der Waals surface area contributed by atoms with Crippen LogP contribution in [-0.4, -0.2) is 66.1 Å². The molecule has 10 nitrogen and oxygen atoms in total. The molecule has 0 radical (unpaired) electrons. The predicted molar refractivity (Wildman–Crippen MR) is 146 cm³/mol. The summed E-state index contributed by atoms with van der Waals surface area (Å²) in [5.41, 5.74) is -1.44. The van der Waals surface area contributed by atoms with Crippen LogP contribution in [0.15, 0.2) is 18.5 Å². The number of halogens is 7. The van der Waals surface area contributed by atoms with Gasteiger partial charge in [-0.05, 0) is 57.6 Å². The molecule has 2 amide bonds. The van der Waals surface area contributed by atoms with Gasteiger partial charge in [0.05, 0.1) is 22.7 Å². The normalized spacial score (nSPS) is 20.7. The minimum atomic E-state index is -4.71. The van der Waals surface area contributed by atoms with Crippen LogP contribution in [0.25, 0.3) is 11.2 Å². The Labute approximate surface area is 253 Å². The van der Waals surface area contributed by atoms with Gasteiger partial charge in [0.25, 0.3) is 5.91 Å². The lowest BCUT2D eigenvalue weighted by Crippen LogP contribution is -2.50. The SMILES string of the molecule is CC(C)n1ncnc1C(=O)N[C@H](c1nc2nc(C3(C(=O)NCC(F)(F)F)CCC(F)(F)CC3)ccc2[nH]1)C1CCC(F)(F)CC1. The van der Waals surface area contributed by atoms with Gasteiger partial charge < -0.3 is 15.6 Å². The number of nitrogens with one attached hydrogen (secondary N) is 3. The van der Waals surface area contributed by atoms with Gasteiger partial charge in [0.1, 0.15) is 18.7 Å². The number of nitrogens with zero attached hydrogens (tertiary/aromatic N) is 5. The zero-order chi connectivity index (χ0) is 32.8. The van der Waals surface area contributed by atoms with E-state index in [-0.39, 0.29) is 41.9 Å². The Hall–Kier alpha value is -3.79. The van der Waals surface area contributed by atoms with Gasteiger partial charge in [0.15, 0.2) is 5.65 Å². The second-order valence-corrected chi connectivity index (χ2v) is 12.2. The molecule has 2 saturated carbocycles. The van der Waals surface area contributed by atoms with E-state index in [0.29, 0.717) is 5.52 Å². The number of rotatable bonds is 8. The van der Waals surface area contributed by atoms with Crippen molar-refractivity contribution in [1.82, 2.24) is 40.3 Å². The summed E-state index contributed by atoms with van der Waals surface area (Å²) in [5.74, 6) is -7.87. The van der Waals surface area contributed by atoms with E-state index in [1.54, 1.807) is 13.8 Å². The molecule has 2 aliphatic rings. The average molecular weight is 647 g/mol. The molecular formula is C28H33F7N8O2. The summed E-state index contributed by atoms with van der Waals surface area (Å²) in [7, 11) is 0. The molecule has 3 N–H and O–H groups in total. The van der Waals surface area contributed by atoms with E-state index in [0.717, 1.165) is 0 Å². The second kappa shape index (κ2) is 11.9. The molecule has 2 aliphatic carbocycles. The quantitative estimate of drug-likeness (QED) is 0.275. The van der Waals surface area contributed by atoms with E-state index in [1.807, 2.05) is 5.32 Å². The average Bonchev–Trinajstić information content (AvgIpc) is 3.62. The van der Waals surface area contributed by atoms with Gasteiger partial charge in [-0.2, -0.15) is 18.3 Å². The van der Waals surface area contributed by atoms with Gasteiger partial charge in [-0.1, -0.05) is 0 Å². The van der Waals surface area contributed by atoms with Crippen molar-refractivity contribution in [1.29, 1.82) is 0 Å². The number of imidazole rings is 1. The highest BCUT2D eigenvalue weighted by molar-refractivity contribution is 5.91. The van der Waals surface area contributed by atoms with Crippen LogP contribution in [0, 0.1) is 5.92 Å². The maximum absolute atomic E-state index is 14.1. The molecule has 45 heavy (non-hydrogen) atoms. The highest BCUT2D eigenvalue weighted by Crippen LogP contribution is 2.46. The smallest absolute Gasteiger partial charge is 0.346 e. The molecule has 3 aromatic heterocycles. The Balaban J connectivity index is 1.49. The van der Waals surface area contributed by atoms with Crippen LogP contribution < -0.4 is 10.6 Å². The van der Waals surface area contributed by atoms with Crippen LogP contribution >= 0.6 is 0 Å². The van der Waals surface area contributed by atoms with Crippen molar-refractivity contribution in [2.75, 3.05) is 6.54 Å². The third-order valence-corrected chi connectivity index (χ3v) is 8.65. The fourth-order valence-electron chi connectivity index (χ4n) is 6.12. The van der Waals surface area contributed by atoms with Gasteiger partial charge in [0, 0.05) is 31.7 Å². The largest absolute Gasteiger partial charge is 0.405 e. The highest BCUT2D eigenvalue weighted by atomic mass is 19.4. The third-order valence-electron chi connectivity index (χ3n) is 8.65. The Kier molecular flexibility index (Phi) is 8.59. The minimum absolute atomic E-state index is 0.00794. The second-order valence-electron chi connectivity index (χ2n) is 12.2. The minimum Gasteiger partial charge on any atom is -0.346 e. The maximum Gasteiger partial charge on any atom is 0.405 e. The highest BCUT2D eigenvalue weighted by Gasteiger charge is 2.50. The van der Waals surface area contributed by atoms with Crippen LogP contribution in [0.1, 0.15) is 99.4 Å². The molecule has 3 heterocycles. The molecule has 0 spiro atoms. The monoisotopic (exact) mass is 646 g/mol. The van der Waals surface area contributed by atoms with Crippen molar-refractivity contribution >= 4 is 23.0 Å². The number of aromatic nitrogens is 6.